The van der Waals surface area contributed by atoms with Gasteiger partial charge in [0, 0.05) is 58.9 Å². The molecule has 0 rings (SSSR count). The summed E-state index contributed by atoms with van der Waals surface area (Å²) < 4.78 is 0. The van der Waals surface area contributed by atoms with Gasteiger partial charge in [-0.3, -0.25) is 29.6 Å². The number of carbonyl (C=O) groups is 4. The van der Waals surface area contributed by atoms with Gasteiger partial charge in [0.25, 0.3) is 0 Å². The molecule has 1 atom stereocenters. The van der Waals surface area contributed by atoms with E-state index in [9.17, 15) is 39.9 Å². The molecule has 4 amide bonds. The fourth-order valence-corrected chi connectivity index (χ4v) is 3.54. The lowest BCUT2D eigenvalue weighted by Crippen LogP contribution is -2.35. The normalized spacial score (nSPS) is 11.8. The SMILES string of the molecule is CC(=O)N(O)CCCCCNC(=O)CC[C@@H](O)N(O)CCCCCNC(=O)CCC(=O)N(O)CCCCCN. The number of hydrogen-bond donors (Lipinski definition) is 7. The van der Waals surface area contributed by atoms with E-state index in [2.05, 4.69) is 10.6 Å². The molecule has 0 aromatic heterocycles. The molecule has 0 aliphatic rings. The number of nitrogens with one attached hydrogen (secondary N) is 2. The Bertz CT molecular complexity index is 699. The van der Waals surface area contributed by atoms with Crippen LogP contribution in [-0.2, 0) is 19.2 Å². The Kier molecular flexibility index (Phi) is 22.1. The first-order chi connectivity index (χ1) is 18.6. The van der Waals surface area contributed by atoms with Crippen molar-refractivity contribution in [3.8, 4) is 0 Å². The van der Waals surface area contributed by atoms with Crippen molar-refractivity contribution in [1.29, 1.82) is 0 Å². The van der Waals surface area contributed by atoms with Crippen LogP contribution in [0.4, 0.5) is 0 Å². The Labute approximate surface area is 231 Å². The van der Waals surface area contributed by atoms with Crippen LogP contribution in [0.1, 0.15) is 90.4 Å². The molecule has 39 heavy (non-hydrogen) atoms. The number of aliphatic hydroxyl groups is 1. The topological polar surface area (TPSA) is 209 Å². The molecule has 0 bridgehead atoms. The van der Waals surface area contributed by atoms with Gasteiger partial charge in [-0.1, -0.05) is 12.8 Å². The molecule has 0 spiro atoms. The summed E-state index contributed by atoms with van der Waals surface area (Å²) in [5.74, 6) is -1.41. The third-order valence-corrected chi connectivity index (χ3v) is 6.02. The molecule has 0 aromatic rings. The van der Waals surface area contributed by atoms with E-state index < -0.39 is 18.0 Å². The van der Waals surface area contributed by atoms with Crippen LogP contribution in [0.3, 0.4) is 0 Å². The number of rotatable bonds is 24. The molecule has 0 heterocycles. The van der Waals surface area contributed by atoms with Crippen molar-refractivity contribution in [2.45, 2.75) is 96.6 Å². The number of carbonyl (C=O) groups excluding carboxylic acids is 4. The van der Waals surface area contributed by atoms with Gasteiger partial charge in [-0.15, -0.1) is 0 Å². The van der Waals surface area contributed by atoms with E-state index >= 15 is 0 Å². The molecular formula is C25H50N6O8. The Balaban J connectivity index is 3.74. The predicted molar refractivity (Wildman–Crippen MR) is 142 cm³/mol. The van der Waals surface area contributed by atoms with Crippen LogP contribution >= 0.6 is 0 Å². The van der Waals surface area contributed by atoms with Gasteiger partial charge in [0.05, 0.1) is 0 Å². The van der Waals surface area contributed by atoms with E-state index in [4.69, 9.17) is 5.73 Å². The van der Waals surface area contributed by atoms with Gasteiger partial charge >= 0.3 is 0 Å². The summed E-state index contributed by atoms with van der Waals surface area (Å²) in [5.41, 5.74) is 5.40. The summed E-state index contributed by atoms with van der Waals surface area (Å²) in [6, 6.07) is 0. The smallest absolute Gasteiger partial charge is 0.246 e. The summed E-state index contributed by atoms with van der Waals surface area (Å²) in [7, 11) is 0. The zero-order valence-corrected chi connectivity index (χ0v) is 23.4. The van der Waals surface area contributed by atoms with Gasteiger partial charge in [0.1, 0.15) is 6.23 Å². The Hall–Kier alpha value is -2.36. The minimum absolute atomic E-state index is 0.00748. The molecule has 0 aliphatic heterocycles. The third-order valence-electron chi connectivity index (χ3n) is 6.02. The summed E-state index contributed by atoms with van der Waals surface area (Å²) in [5, 5.41) is 46.5. The molecule has 14 heteroatoms. The maximum absolute atomic E-state index is 11.9. The van der Waals surface area contributed by atoms with Gasteiger partial charge in [0.2, 0.25) is 23.6 Å². The number of hydrogen-bond acceptors (Lipinski definition) is 10. The minimum Gasteiger partial charge on any atom is -0.376 e. The van der Waals surface area contributed by atoms with Crippen LogP contribution in [0.15, 0.2) is 0 Å². The van der Waals surface area contributed by atoms with Crippen LogP contribution in [0.5, 0.6) is 0 Å². The molecule has 0 unspecified atom stereocenters. The second-order valence-corrected chi connectivity index (χ2v) is 9.51. The Morgan fingerprint density at radius 3 is 1.77 bits per heavy atom. The van der Waals surface area contributed by atoms with Crippen LogP contribution in [0, 0.1) is 0 Å². The van der Waals surface area contributed by atoms with Gasteiger partial charge < -0.3 is 26.7 Å². The maximum Gasteiger partial charge on any atom is 0.246 e. The van der Waals surface area contributed by atoms with Crippen molar-refractivity contribution in [3.05, 3.63) is 0 Å². The molecule has 0 aliphatic carbocycles. The Morgan fingerprint density at radius 1 is 0.692 bits per heavy atom. The molecule has 0 radical (unpaired) electrons. The molecule has 0 saturated carbocycles. The van der Waals surface area contributed by atoms with Crippen LogP contribution < -0.4 is 16.4 Å². The van der Waals surface area contributed by atoms with Crippen molar-refractivity contribution < 1.29 is 39.9 Å². The summed E-state index contributed by atoms with van der Waals surface area (Å²) in [6.45, 7) is 3.40. The summed E-state index contributed by atoms with van der Waals surface area (Å²) >= 11 is 0. The average Bonchev–Trinajstić information content (AvgIpc) is 2.91. The summed E-state index contributed by atoms with van der Waals surface area (Å²) in [4.78, 5) is 46.5. The molecular weight excluding hydrogens is 512 g/mol. The number of nitrogens with zero attached hydrogens (tertiary/aromatic N) is 3. The summed E-state index contributed by atoms with van der Waals surface area (Å²) in [6.07, 6.45) is 5.19. The quantitative estimate of drug-likeness (QED) is 0.0379. The van der Waals surface area contributed by atoms with E-state index in [-0.39, 0.29) is 57.1 Å². The van der Waals surface area contributed by atoms with Crippen molar-refractivity contribution >= 4 is 23.6 Å². The maximum atomic E-state index is 11.9. The first-order valence-corrected chi connectivity index (χ1v) is 13.9. The highest BCUT2D eigenvalue weighted by atomic mass is 16.5. The lowest BCUT2D eigenvalue weighted by molar-refractivity contribution is -0.198. The van der Waals surface area contributed by atoms with E-state index in [1.807, 2.05) is 0 Å². The zero-order chi connectivity index (χ0) is 29.5. The highest BCUT2D eigenvalue weighted by Gasteiger charge is 2.15. The largest absolute Gasteiger partial charge is 0.376 e. The molecule has 0 saturated heterocycles. The number of amides is 4. The fraction of sp³-hybridized carbons (Fsp3) is 0.840. The molecule has 14 nitrogen and oxygen atoms in total. The molecule has 8 N–H and O–H groups in total. The molecule has 228 valence electrons. The second kappa shape index (κ2) is 23.5. The monoisotopic (exact) mass is 562 g/mol. The standard InChI is InChI=1S/C25H50N6O8/c1-21(32)29(37)18-9-3-6-16-27-22(33)12-14-25(36)31(39)20-10-4-7-17-28-23(34)11-13-24(35)30(38)19-8-2-5-15-26/h25,36-39H,2-20,26H2,1H3,(H,27,33)(H,28,34)/t25-/m1/s1. The zero-order valence-electron chi connectivity index (χ0n) is 23.4. The number of hydroxylamine groups is 6. The number of nitrogens with two attached hydrogens (primary N) is 1. The first-order valence-electron chi connectivity index (χ1n) is 13.9. The van der Waals surface area contributed by atoms with Gasteiger partial charge in [0.15, 0.2) is 0 Å². The van der Waals surface area contributed by atoms with Crippen molar-refractivity contribution in [1.82, 2.24) is 25.8 Å². The van der Waals surface area contributed by atoms with Crippen molar-refractivity contribution in [2.75, 3.05) is 39.3 Å². The van der Waals surface area contributed by atoms with Crippen molar-refractivity contribution in [3.63, 3.8) is 0 Å². The highest BCUT2D eigenvalue weighted by molar-refractivity contribution is 5.83. The van der Waals surface area contributed by atoms with E-state index in [1.54, 1.807) is 0 Å². The first kappa shape index (κ1) is 36.6. The van der Waals surface area contributed by atoms with Crippen molar-refractivity contribution in [2.24, 2.45) is 5.73 Å². The van der Waals surface area contributed by atoms with Crippen LogP contribution in [0.2, 0.25) is 0 Å². The van der Waals surface area contributed by atoms with Gasteiger partial charge in [-0.2, -0.15) is 5.06 Å². The molecule has 0 fully saturated rings. The van der Waals surface area contributed by atoms with Gasteiger partial charge in [-0.25, -0.2) is 10.1 Å². The van der Waals surface area contributed by atoms with Gasteiger partial charge in [-0.05, 0) is 57.9 Å². The highest BCUT2D eigenvalue weighted by Crippen LogP contribution is 2.06. The molecule has 0 aromatic carbocycles. The average molecular weight is 563 g/mol. The van der Waals surface area contributed by atoms with Crippen LogP contribution in [-0.4, -0.2) is 105 Å². The third kappa shape index (κ3) is 21.2. The number of unbranched alkanes of at least 4 members (excludes halogenated alkanes) is 6. The minimum atomic E-state index is -1.16. The lowest BCUT2D eigenvalue weighted by Gasteiger charge is -2.21. The predicted octanol–water partition coefficient (Wildman–Crippen LogP) is 0.714. The van der Waals surface area contributed by atoms with E-state index in [0.29, 0.717) is 68.3 Å². The second-order valence-electron chi connectivity index (χ2n) is 9.51. The Morgan fingerprint density at radius 2 is 1.21 bits per heavy atom. The fourth-order valence-electron chi connectivity index (χ4n) is 3.54. The van der Waals surface area contributed by atoms with E-state index in [0.717, 1.165) is 24.3 Å². The lowest BCUT2D eigenvalue weighted by atomic mass is 10.2. The van der Waals surface area contributed by atoms with Crippen LogP contribution in [0.25, 0.3) is 0 Å². The number of aliphatic hydroxyl groups excluding tert-OH is 1. The van der Waals surface area contributed by atoms with E-state index in [1.165, 1.54) is 6.92 Å².